The topological polar surface area (TPSA) is 72.9 Å². The van der Waals surface area contributed by atoms with Crippen molar-refractivity contribution in [1.82, 2.24) is 4.98 Å². The van der Waals surface area contributed by atoms with Gasteiger partial charge >= 0.3 is 0 Å². The van der Waals surface area contributed by atoms with Crippen molar-refractivity contribution in [2.75, 3.05) is 12.3 Å². The zero-order valence-corrected chi connectivity index (χ0v) is 17.9. The number of anilines is 1. The molecule has 0 fully saturated rings. The molecule has 2 N–H and O–H groups in total. The van der Waals surface area contributed by atoms with Gasteiger partial charge in [0.2, 0.25) is 0 Å². The average Bonchev–Trinajstić information content (AvgIpc) is 3.09. The molecule has 0 aliphatic rings. The first-order chi connectivity index (χ1) is 12.8. The summed E-state index contributed by atoms with van der Waals surface area (Å²) >= 11 is 2.96. The van der Waals surface area contributed by atoms with Gasteiger partial charge in [0.05, 0.1) is 17.0 Å². The van der Waals surface area contributed by atoms with E-state index in [4.69, 9.17) is 10.5 Å². The highest BCUT2D eigenvalue weighted by Crippen LogP contribution is 2.36. The number of hydrogen-bond acceptors (Lipinski definition) is 7. The van der Waals surface area contributed by atoms with E-state index < -0.39 is 0 Å². The number of hydrogen-bond donors (Lipinski definition) is 1. The number of azo groups is 1. The summed E-state index contributed by atoms with van der Waals surface area (Å²) in [6.07, 6.45) is 2.27. The van der Waals surface area contributed by atoms with Crippen LogP contribution in [0.3, 0.4) is 0 Å². The van der Waals surface area contributed by atoms with Crippen molar-refractivity contribution < 1.29 is 4.74 Å². The molecule has 0 saturated heterocycles. The summed E-state index contributed by atoms with van der Waals surface area (Å²) in [6.45, 7) is 9.87. The molecule has 0 bridgehead atoms. The number of nitrogen functional groups attached to an aromatic ring is 1. The molecule has 0 amide bonds. The first-order valence-corrected chi connectivity index (χ1v) is 10.7. The molecule has 0 spiro atoms. The Morgan fingerprint density at radius 2 is 1.89 bits per heavy atom. The summed E-state index contributed by atoms with van der Waals surface area (Å²) in [4.78, 5) is 5.17. The summed E-state index contributed by atoms with van der Waals surface area (Å²) in [5, 5.41) is 10.00. The number of ether oxygens (including phenoxy) is 1. The Balaban J connectivity index is 1.50. The molecule has 1 aromatic carbocycles. The van der Waals surface area contributed by atoms with Gasteiger partial charge in [0.25, 0.3) is 0 Å². The Bertz CT molecular complexity index is 875. The maximum absolute atomic E-state index is 5.86. The number of nitrogens with two attached hydrogens (primary N) is 1. The third-order valence-electron chi connectivity index (χ3n) is 4.03. The molecule has 7 heteroatoms. The van der Waals surface area contributed by atoms with Crippen molar-refractivity contribution in [1.29, 1.82) is 0 Å². The second kappa shape index (κ2) is 8.35. The number of fused-ring (bicyclic) bond motifs is 1. The SMILES string of the molecule is CC(CCOc1ccc(N=Nc2cc3sc(N)nc3s2)cc1)CC(C)(C)C. The lowest BCUT2D eigenvalue weighted by Gasteiger charge is -2.23. The molecular formula is C20H26N4OS2. The Morgan fingerprint density at radius 1 is 1.15 bits per heavy atom. The fourth-order valence-electron chi connectivity index (χ4n) is 3.03. The normalized spacial score (nSPS) is 13.5. The van der Waals surface area contributed by atoms with Crippen molar-refractivity contribution >= 4 is 48.0 Å². The molecule has 1 atom stereocenters. The summed E-state index contributed by atoms with van der Waals surface area (Å²) in [5.41, 5.74) is 6.86. The van der Waals surface area contributed by atoms with Crippen LogP contribution in [0.1, 0.15) is 40.5 Å². The van der Waals surface area contributed by atoms with Crippen molar-refractivity contribution in [3.05, 3.63) is 30.3 Å². The van der Waals surface area contributed by atoms with Crippen LogP contribution >= 0.6 is 22.7 Å². The number of aromatic nitrogens is 1. The maximum atomic E-state index is 5.86. The van der Waals surface area contributed by atoms with E-state index in [2.05, 4.69) is 42.9 Å². The zero-order chi connectivity index (χ0) is 19.4. The third kappa shape index (κ3) is 6.01. The fraction of sp³-hybridized carbons (Fsp3) is 0.450. The first kappa shape index (κ1) is 19.8. The highest BCUT2D eigenvalue weighted by Gasteiger charge is 2.15. The van der Waals surface area contributed by atoms with Crippen LogP contribution < -0.4 is 10.5 Å². The Labute approximate surface area is 168 Å². The smallest absolute Gasteiger partial charge is 0.181 e. The summed E-state index contributed by atoms with van der Waals surface area (Å²) in [5.74, 6) is 1.52. The summed E-state index contributed by atoms with van der Waals surface area (Å²) < 4.78 is 6.91. The van der Waals surface area contributed by atoms with Gasteiger partial charge in [-0.1, -0.05) is 50.4 Å². The van der Waals surface area contributed by atoms with Crippen LogP contribution in [0.2, 0.25) is 0 Å². The van der Waals surface area contributed by atoms with E-state index in [-0.39, 0.29) is 0 Å². The Kier molecular flexibility index (Phi) is 6.11. The largest absolute Gasteiger partial charge is 0.494 e. The quantitative estimate of drug-likeness (QED) is 0.425. The van der Waals surface area contributed by atoms with E-state index in [1.54, 1.807) is 0 Å². The number of benzene rings is 1. The van der Waals surface area contributed by atoms with E-state index in [1.165, 1.54) is 29.1 Å². The van der Waals surface area contributed by atoms with Crippen LogP contribution in [0.5, 0.6) is 5.75 Å². The molecular weight excluding hydrogens is 376 g/mol. The van der Waals surface area contributed by atoms with Crippen LogP contribution in [0.4, 0.5) is 15.8 Å². The highest BCUT2D eigenvalue weighted by atomic mass is 32.1. The molecule has 27 heavy (non-hydrogen) atoms. The minimum atomic E-state index is 0.367. The van der Waals surface area contributed by atoms with Gasteiger partial charge in [0.1, 0.15) is 15.6 Å². The van der Waals surface area contributed by atoms with Gasteiger partial charge in [-0.25, -0.2) is 4.98 Å². The molecule has 0 radical (unpaired) electrons. The predicted molar refractivity (Wildman–Crippen MR) is 116 cm³/mol. The first-order valence-electron chi connectivity index (χ1n) is 9.09. The van der Waals surface area contributed by atoms with E-state index in [9.17, 15) is 0 Å². The fourth-order valence-corrected chi connectivity index (χ4v) is 4.84. The Hall–Kier alpha value is -1.99. The van der Waals surface area contributed by atoms with Crippen LogP contribution in [0.25, 0.3) is 9.53 Å². The lowest BCUT2D eigenvalue weighted by Crippen LogP contribution is -2.13. The van der Waals surface area contributed by atoms with Gasteiger partial charge in [-0.05, 0) is 54.5 Å². The molecule has 144 valence electrons. The lowest BCUT2D eigenvalue weighted by molar-refractivity contribution is 0.240. The van der Waals surface area contributed by atoms with Crippen molar-refractivity contribution in [2.45, 2.75) is 40.5 Å². The minimum absolute atomic E-state index is 0.367. The standard InChI is InChI=1S/C20H26N4OS2/c1-13(12-20(2,3)4)9-10-25-15-7-5-14(6-8-15)23-24-17-11-16-18(27-17)22-19(21)26-16/h5-8,11,13H,9-10,12H2,1-4H3,(H2,21,22). The maximum Gasteiger partial charge on any atom is 0.181 e. The van der Waals surface area contributed by atoms with E-state index in [0.29, 0.717) is 16.5 Å². The molecule has 1 unspecified atom stereocenters. The van der Waals surface area contributed by atoms with Gasteiger partial charge in [-0.3, -0.25) is 0 Å². The number of thiazole rings is 1. The Morgan fingerprint density at radius 3 is 2.56 bits per heavy atom. The zero-order valence-electron chi connectivity index (χ0n) is 16.2. The molecule has 0 aliphatic carbocycles. The molecule has 0 aliphatic heterocycles. The molecule has 5 nitrogen and oxygen atoms in total. The van der Waals surface area contributed by atoms with E-state index in [0.717, 1.165) is 39.0 Å². The number of thiophene rings is 1. The van der Waals surface area contributed by atoms with E-state index >= 15 is 0 Å². The number of rotatable bonds is 7. The van der Waals surface area contributed by atoms with Gasteiger partial charge in [-0.2, -0.15) is 0 Å². The lowest BCUT2D eigenvalue weighted by atomic mass is 9.84. The van der Waals surface area contributed by atoms with Crippen LogP contribution in [-0.4, -0.2) is 11.6 Å². The summed E-state index contributed by atoms with van der Waals surface area (Å²) in [7, 11) is 0. The van der Waals surface area contributed by atoms with Gasteiger partial charge in [0, 0.05) is 0 Å². The third-order valence-corrected chi connectivity index (χ3v) is 5.91. The predicted octanol–water partition coefficient (Wildman–Crippen LogP) is 7.20. The molecule has 3 aromatic rings. The molecule has 0 saturated carbocycles. The van der Waals surface area contributed by atoms with Crippen LogP contribution in [0, 0.1) is 11.3 Å². The van der Waals surface area contributed by atoms with Crippen molar-refractivity contribution in [3.63, 3.8) is 0 Å². The molecule has 2 heterocycles. The minimum Gasteiger partial charge on any atom is -0.494 e. The average molecular weight is 403 g/mol. The van der Waals surface area contributed by atoms with Crippen molar-refractivity contribution in [3.8, 4) is 5.75 Å². The monoisotopic (exact) mass is 402 g/mol. The van der Waals surface area contributed by atoms with Crippen LogP contribution in [-0.2, 0) is 0 Å². The second-order valence-electron chi connectivity index (χ2n) is 8.01. The van der Waals surface area contributed by atoms with E-state index in [1.807, 2.05) is 30.3 Å². The van der Waals surface area contributed by atoms with Crippen LogP contribution in [0.15, 0.2) is 40.6 Å². The molecule has 3 rings (SSSR count). The highest BCUT2D eigenvalue weighted by molar-refractivity contribution is 7.30. The van der Waals surface area contributed by atoms with Gasteiger partial charge in [0.15, 0.2) is 5.13 Å². The van der Waals surface area contributed by atoms with Gasteiger partial charge < -0.3 is 10.5 Å². The second-order valence-corrected chi connectivity index (χ2v) is 10.1. The summed E-state index contributed by atoms with van der Waals surface area (Å²) in [6, 6.07) is 9.69. The molecule has 2 aromatic heterocycles. The van der Waals surface area contributed by atoms with Gasteiger partial charge in [-0.15, -0.1) is 10.2 Å². The number of nitrogens with zero attached hydrogens (tertiary/aromatic N) is 3. The van der Waals surface area contributed by atoms with Crippen molar-refractivity contribution in [2.24, 2.45) is 21.6 Å².